The van der Waals surface area contributed by atoms with E-state index in [0.29, 0.717) is 34.2 Å². The molecule has 9 heteroatoms. The van der Waals surface area contributed by atoms with E-state index in [9.17, 15) is 14.0 Å². The van der Waals surface area contributed by atoms with Gasteiger partial charge in [-0.1, -0.05) is 17.7 Å². The van der Waals surface area contributed by atoms with Crippen LogP contribution >= 0.6 is 11.6 Å². The second kappa shape index (κ2) is 9.38. The highest BCUT2D eigenvalue weighted by atomic mass is 35.5. The number of benzene rings is 3. The maximum Gasteiger partial charge on any atom is 0.265 e. The largest absolute Gasteiger partial charge is 0.497 e. The molecule has 170 valence electrons. The third-order valence-corrected chi connectivity index (χ3v) is 5.51. The third kappa shape index (κ3) is 4.70. The highest BCUT2D eigenvalue weighted by molar-refractivity contribution is 6.31. The molecule has 2 amide bonds. The average Bonchev–Trinajstić information content (AvgIpc) is 2.82. The Morgan fingerprint density at radius 2 is 1.85 bits per heavy atom. The summed E-state index contributed by atoms with van der Waals surface area (Å²) in [6, 6.07) is 14.0. The molecule has 0 saturated heterocycles. The van der Waals surface area contributed by atoms with Crippen molar-refractivity contribution < 1.29 is 28.2 Å². The maximum atomic E-state index is 14.3. The molecule has 1 heterocycles. The van der Waals surface area contributed by atoms with Gasteiger partial charge in [-0.2, -0.15) is 0 Å². The van der Waals surface area contributed by atoms with Crippen LogP contribution in [0.3, 0.4) is 0 Å². The van der Waals surface area contributed by atoms with E-state index in [-0.39, 0.29) is 29.6 Å². The van der Waals surface area contributed by atoms with Crippen LogP contribution in [0, 0.1) is 5.82 Å². The molecule has 4 rings (SSSR count). The summed E-state index contributed by atoms with van der Waals surface area (Å²) in [5.41, 5.74) is 1.33. The van der Waals surface area contributed by atoms with Crippen LogP contribution in [0.25, 0.3) is 0 Å². The van der Waals surface area contributed by atoms with Gasteiger partial charge in [0.15, 0.2) is 6.61 Å². The fourth-order valence-corrected chi connectivity index (χ4v) is 3.66. The smallest absolute Gasteiger partial charge is 0.265 e. The zero-order valence-electron chi connectivity index (χ0n) is 17.9. The third-order valence-electron chi connectivity index (χ3n) is 5.15. The minimum absolute atomic E-state index is 0.0782. The molecular formula is C24H20ClFN2O5. The van der Waals surface area contributed by atoms with Gasteiger partial charge in [-0.25, -0.2) is 4.39 Å². The van der Waals surface area contributed by atoms with Crippen LogP contribution in [0.5, 0.6) is 17.2 Å². The van der Waals surface area contributed by atoms with Gasteiger partial charge in [0.2, 0.25) is 0 Å². The summed E-state index contributed by atoms with van der Waals surface area (Å²) < 4.78 is 30.3. The van der Waals surface area contributed by atoms with Crippen molar-refractivity contribution in [2.24, 2.45) is 0 Å². The molecule has 0 fully saturated rings. The summed E-state index contributed by atoms with van der Waals surface area (Å²) in [5, 5.41) is 3.00. The van der Waals surface area contributed by atoms with Crippen molar-refractivity contribution in [3.8, 4) is 17.2 Å². The molecule has 1 N–H and O–H groups in total. The molecule has 7 nitrogen and oxygen atoms in total. The minimum atomic E-state index is -0.514. The Kier molecular flexibility index (Phi) is 6.37. The quantitative estimate of drug-likeness (QED) is 0.566. The number of rotatable bonds is 6. The first-order valence-corrected chi connectivity index (χ1v) is 10.3. The van der Waals surface area contributed by atoms with Gasteiger partial charge in [0, 0.05) is 27.9 Å². The van der Waals surface area contributed by atoms with Crippen molar-refractivity contribution in [2.45, 2.75) is 6.54 Å². The molecular weight excluding hydrogens is 451 g/mol. The van der Waals surface area contributed by atoms with Crippen LogP contribution in [0.4, 0.5) is 15.8 Å². The van der Waals surface area contributed by atoms with Crippen molar-refractivity contribution in [3.05, 3.63) is 76.6 Å². The number of hydrogen-bond donors (Lipinski definition) is 1. The molecule has 0 atom stereocenters. The summed E-state index contributed by atoms with van der Waals surface area (Å²) in [6.45, 7) is -0.264. The maximum absolute atomic E-state index is 14.3. The van der Waals surface area contributed by atoms with Gasteiger partial charge >= 0.3 is 0 Å². The lowest BCUT2D eigenvalue weighted by atomic mass is 10.1. The number of nitrogens with one attached hydrogen (secondary N) is 1. The first kappa shape index (κ1) is 22.4. The van der Waals surface area contributed by atoms with E-state index in [2.05, 4.69) is 5.32 Å². The molecule has 0 saturated carbocycles. The topological polar surface area (TPSA) is 77.1 Å². The number of halogens is 2. The summed E-state index contributed by atoms with van der Waals surface area (Å²) in [6.07, 6.45) is 0. The van der Waals surface area contributed by atoms with Crippen LogP contribution in [0.1, 0.15) is 15.9 Å². The fourth-order valence-electron chi connectivity index (χ4n) is 3.44. The Labute approximate surface area is 194 Å². The number of amides is 2. The zero-order valence-corrected chi connectivity index (χ0v) is 18.6. The Bertz CT molecular complexity index is 1190. The standard InChI is InChI=1S/C24H20ClFN2O5/c1-31-16-8-14(9-17(11-16)32-2)24(30)27-15-6-7-22-21(10-15)28(23(29)13-33-22)12-18-19(25)4-3-5-20(18)26/h3-11H,12-13H2,1-2H3,(H,27,30). The minimum Gasteiger partial charge on any atom is -0.497 e. The number of hydrogen-bond acceptors (Lipinski definition) is 5. The molecule has 33 heavy (non-hydrogen) atoms. The molecule has 0 spiro atoms. The zero-order chi connectivity index (χ0) is 23.5. The number of methoxy groups -OCH3 is 2. The Hall–Kier alpha value is -3.78. The number of fused-ring (bicyclic) bond motifs is 1. The van der Waals surface area contributed by atoms with E-state index in [4.69, 9.17) is 25.8 Å². The van der Waals surface area contributed by atoms with Crippen molar-refractivity contribution in [2.75, 3.05) is 31.0 Å². The Balaban J connectivity index is 1.63. The molecule has 3 aromatic carbocycles. The average molecular weight is 471 g/mol. The molecule has 0 aliphatic carbocycles. The van der Waals surface area contributed by atoms with E-state index in [1.54, 1.807) is 42.5 Å². The van der Waals surface area contributed by atoms with Crippen molar-refractivity contribution >= 4 is 34.8 Å². The van der Waals surface area contributed by atoms with Crippen LogP contribution < -0.4 is 24.4 Å². The summed E-state index contributed by atoms with van der Waals surface area (Å²) in [4.78, 5) is 26.8. The van der Waals surface area contributed by atoms with Crippen molar-refractivity contribution in [3.63, 3.8) is 0 Å². The number of nitrogens with zero attached hydrogens (tertiary/aromatic N) is 1. The number of carbonyl (C=O) groups excluding carboxylic acids is 2. The first-order chi connectivity index (χ1) is 15.9. The monoisotopic (exact) mass is 470 g/mol. The lowest BCUT2D eigenvalue weighted by Gasteiger charge is -2.30. The summed E-state index contributed by atoms with van der Waals surface area (Å²) in [7, 11) is 2.99. The van der Waals surface area contributed by atoms with E-state index >= 15 is 0 Å². The van der Waals surface area contributed by atoms with E-state index < -0.39 is 11.7 Å². The molecule has 3 aromatic rings. The first-order valence-electron chi connectivity index (χ1n) is 9.94. The Morgan fingerprint density at radius 1 is 1.12 bits per heavy atom. The van der Waals surface area contributed by atoms with Crippen molar-refractivity contribution in [1.82, 2.24) is 0 Å². The summed E-state index contributed by atoms with van der Waals surface area (Å²) >= 11 is 6.15. The predicted molar refractivity (Wildman–Crippen MR) is 122 cm³/mol. The van der Waals surface area contributed by atoms with Gasteiger partial charge in [0.1, 0.15) is 23.1 Å². The van der Waals surface area contributed by atoms with Gasteiger partial charge in [0.25, 0.3) is 11.8 Å². The molecule has 0 radical (unpaired) electrons. The fraction of sp³-hybridized carbons (Fsp3) is 0.167. The van der Waals surface area contributed by atoms with Gasteiger partial charge < -0.3 is 24.4 Å². The van der Waals surface area contributed by atoms with E-state index in [0.717, 1.165) is 0 Å². The van der Waals surface area contributed by atoms with Crippen LogP contribution in [-0.4, -0.2) is 32.6 Å². The molecule has 0 bridgehead atoms. The molecule has 1 aliphatic rings. The number of anilines is 2. The molecule has 0 unspecified atom stereocenters. The van der Waals surface area contributed by atoms with Crippen LogP contribution in [-0.2, 0) is 11.3 Å². The van der Waals surface area contributed by atoms with Gasteiger partial charge in [-0.05, 0) is 42.5 Å². The molecule has 0 aromatic heterocycles. The van der Waals surface area contributed by atoms with Crippen molar-refractivity contribution in [1.29, 1.82) is 0 Å². The van der Waals surface area contributed by atoms with Crippen LogP contribution in [0.15, 0.2) is 54.6 Å². The lowest BCUT2D eigenvalue weighted by molar-refractivity contribution is -0.121. The summed E-state index contributed by atoms with van der Waals surface area (Å²) in [5.74, 6) is 0.0957. The van der Waals surface area contributed by atoms with E-state index in [1.807, 2.05) is 0 Å². The molecule has 1 aliphatic heterocycles. The lowest BCUT2D eigenvalue weighted by Crippen LogP contribution is -2.38. The normalized spacial score (nSPS) is 12.6. The number of ether oxygens (including phenoxy) is 3. The highest BCUT2D eigenvalue weighted by Crippen LogP contribution is 2.37. The predicted octanol–water partition coefficient (Wildman–Crippen LogP) is 4.67. The second-order valence-corrected chi connectivity index (χ2v) is 7.61. The second-order valence-electron chi connectivity index (χ2n) is 7.21. The van der Waals surface area contributed by atoms with Gasteiger partial charge in [-0.15, -0.1) is 0 Å². The Morgan fingerprint density at radius 3 is 2.52 bits per heavy atom. The van der Waals surface area contributed by atoms with Crippen LogP contribution in [0.2, 0.25) is 5.02 Å². The number of carbonyl (C=O) groups is 2. The van der Waals surface area contributed by atoms with E-state index in [1.165, 1.54) is 31.3 Å². The SMILES string of the molecule is COc1cc(OC)cc(C(=O)Nc2ccc3c(c2)N(Cc2c(F)cccc2Cl)C(=O)CO3)c1. The van der Waals surface area contributed by atoms with Gasteiger partial charge in [0.05, 0.1) is 26.5 Å². The van der Waals surface area contributed by atoms with Gasteiger partial charge in [-0.3, -0.25) is 9.59 Å². The highest BCUT2D eigenvalue weighted by Gasteiger charge is 2.28.